The van der Waals surface area contributed by atoms with Gasteiger partial charge >= 0.3 is 0 Å². The SMILES string of the molecule is COc1cc(CNc2ccccn2)cc(Cl)c1OC. The van der Waals surface area contributed by atoms with E-state index in [1.54, 1.807) is 20.4 Å². The van der Waals surface area contributed by atoms with E-state index in [2.05, 4.69) is 10.3 Å². The zero-order valence-electron chi connectivity index (χ0n) is 10.8. The van der Waals surface area contributed by atoms with Crippen molar-refractivity contribution in [2.24, 2.45) is 0 Å². The topological polar surface area (TPSA) is 43.4 Å². The third kappa shape index (κ3) is 3.29. The van der Waals surface area contributed by atoms with Gasteiger partial charge in [-0.05, 0) is 29.8 Å². The second-order valence-electron chi connectivity index (χ2n) is 3.88. The van der Waals surface area contributed by atoms with E-state index >= 15 is 0 Å². The average molecular weight is 279 g/mol. The van der Waals surface area contributed by atoms with Crippen LogP contribution in [-0.2, 0) is 6.54 Å². The summed E-state index contributed by atoms with van der Waals surface area (Å²) in [7, 11) is 3.15. The van der Waals surface area contributed by atoms with Crippen LogP contribution in [0.3, 0.4) is 0 Å². The predicted molar refractivity (Wildman–Crippen MR) is 76.1 cm³/mol. The zero-order chi connectivity index (χ0) is 13.7. The fourth-order valence-electron chi connectivity index (χ4n) is 1.73. The number of pyridine rings is 1. The number of rotatable bonds is 5. The largest absolute Gasteiger partial charge is 0.493 e. The van der Waals surface area contributed by atoms with Crippen molar-refractivity contribution < 1.29 is 9.47 Å². The minimum atomic E-state index is 0.527. The number of aromatic nitrogens is 1. The van der Waals surface area contributed by atoms with Gasteiger partial charge in [-0.15, -0.1) is 0 Å². The van der Waals surface area contributed by atoms with Crippen LogP contribution in [0.4, 0.5) is 5.82 Å². The maximum atomic E-state index is 6.15. The van der Waals surface area contributed by atoms with Gasteiger partial charge in [-0.25, -0.2) is 4.98 Å². The molecule has 0 saturated heterocycles. The normalized spacial score (nSPS) is 10.1. The van der Waals surface area contributed by atoms with Crippen LogP contribution >= 0.6 is 11.6 Å². The van der Waals surface area contributed by atoms with Crippen LogP contribution in [0.25, 0.3) is 0 Å². The lowest BCUT2D eigenvalue weighted by Gasteiger charge is -2.12. The molecule has 1 heterocycles. The highest BCUT2D eigenvalue weighted by atomic mass is 35.5. The fraction of sp³-hybridized carbons (Fsp3) is 0.214. The number of hydrogen-bond donors (Lipinski definition) is 1. The molecule has 0 fully saturated rings. The van der Waals surface area contributed by atoms with Crippen molar-refractivity contribution in [2.75, 3.05) is 19.5 Å². The van der Waals surface area contributed by atoms with Gasteiger partial charge < -0.3 is 14.8 Å². The molecule has 0 bridgehead atoms. The van der Waals surface area contributed by atoms with Crippen LogP contribution in [0, 0.1) is 0 Å². The predicted octanol–water partition coefficient (Wildman–Crippen LogP) is 3.36. The molecule has 0 amide bonds. The zero-order valence-corrected chi connectivity index (χ0v) is 11.6. The highest BCUT2D eigenvalue weighted by Crippen LogP contribution is 2.36. The molecule has 19 heavy (non-hydrogen) atoms. The van der Waals surface area contributed by atoms with Crippen LogP contribution in [0.5, 0.6) is 11.5 Å². The summed E-state index contributed by atoms with van der Waals surface area (Å²) in [6.45, 7) is 0.608. The Morgan fingerprint density at radius 2 is 2.05 bits per heavy atom. The smallest absolute Gasteiger partial charge is 0.179 e. The second kappa shape index (κ2) is 6.29. The van der Waals surface area contributed by atoms with Gasteiger partial charge in [-0.2, -0.15) is 0 Å². The van der Waals surface area contributed by atoms with Crippen molar-refractivity contribution >= 4 is 17.4 Å². The first-order valence-electron chi connectivity index (χ1n) is 5.80. The Hall–Kier alpha value is -1.94. The van der Waals surface area contributed by atoms with E-state index in [4.69, 9.17) is 21.1 Å². The van der Waals surface area contributed by atoms with Crippen molar-refractivity contribution in [3.63, 3.8) is 0 Å². The molecule has 5 heteroatoms. The fourth-order valence-corrected chi connectivity index (χ4v) is 2.04. The summed E-state index contributed by atoms with van der Waals surface area (Å²) in [4.78, 5) is 4.19. The standard InChI is InChI=1S/C14H15ClN2O2/c1-18-12-8-10(7-11(15)14(12)19-2)9-17-13-5-3-4-6-16-13/h3-8H,9H2,1-2H3,(H,16,17). The van der Waals surface area contributed by atoms with E-state index in [1.807, 2.05) is 30.3 Å². The van der Waals surface area contributed by atoms with Gasteiger partial charge in [0.2, 0.25) is 0 Å². The molecule has 1 aromatic heterocycles. The molecule has 0 radical (unpaired) electrons. The third-order valence-electron chi connectivity index (χ3n) is 2.63. The van der Waals surface area contributed by atoms with Crippen molar-refractivity contribution in [1.29, 1.82) is 0 Å². The molecular formula is C14H15ClN2O2. The highest BCUT2D eigenvalue weighted by molar-refractivity contribution is 6.32. The Balaban J connectivity index is 2.15. The molecule has 0 aliphatic carbocycles. The maximum Gasteiger partial charge on any atom is 0.179 e. The summed E-state index contributed by atoms with van der Waals surface area (Å²) < 4.78 is 10.5. The van der Waals surface area contributed by atoms with E-state index in [0.717, 1.165) is 11.4 Å². The number of nitrogens with one attached hydrogen (secondary N) is 1. The summed E-state index contributed by atoms with van der Waals surface area (Å²) in [5.41, 5.74) is 0.994. The van der Waals surface area contributed by atoms with Gasteiger partial charge in [-0.1, -0.05) is 17.7 Å². The van der Waals surface area contributed by atoms with Crippen molar-refractivity contribution in [3.8, 4) is 11.5 Å². The lowest BCUT2D eigenvalue weighted by Crippen LogP contribution is -2.02. The third-order valence-corrected chi connectivity index (χ3v) is 2.91. The molecule has 0 aliphatic heterocycles. The number of hydrogen-bond acceptors (Lipinski definition) is 4. The van der Waals surface area contributed by atoms with E-state index in [-0.39, 0.29) is 0 Å². The van der Waals surface area contributed by atoms with E-state index in [9.17, 15) is 0 Å². The van der Waals surface area contributed by atoms with Crippen LogP contribution in [0.15, 0.2) is 36.5 Å². The highest BCUT2D eigenvalue weighted by Gasteiger charge is 2.10. The molecule has 2 aromatic rings. The first kappa shape index (κ1) is 13.5. The Bertz CT molecular complexity index is 547. The van der Waals surface area contributed by atoms with Gasteiger partial charge in [0.05, 0.1) is 19.2 Å². The molecular weight excluding hydrogens is 264 g/mol. The lowest BCUT2D eigenvalue weighted by atomic mass is 10.2. The summed E-state index contributed by atoms with van der Waals surface area (Å²) in [6, 6.07) is 9.44. The van der Waals surface area contributed by atoms with Crippen molar-refractivity contribution in [1.82, 2.24) is 4.98 Å². The number of methoxy groups -OCH3 is 2. The molecule has 4 nitrogen and oxygen atoms in total. The van der Waals surface area contributed by atoms with Crippen molar-refractivity contribution in [2.45, 2.75) is 6.54 Å². The van der Waals surface area contributed by atoms with Gasteiger partial charge in [0.1, 0.15) is 5.82 Å². The number of halogens is 1. The van der Waals surface area contributed by atoms with E-state index < -0.39 is 0 Å². The van der Waals surface area contributed by atoms with Crippen LogP contribution in [0.2, 0.25) is 5.02 Å². The van der Waals surface area contributed by atoms with E-state index in [1.165, 1.54) is 0 Å². The number of benzene rings is 1. The molecule has 100 valence electrons. The summed E-state index contributed by atoms with van der Waals surface area (Å²) in [5.74, 6) is 1.98. The molecule has 0 atom stereocenters. The van der Waals surface area contributed by atoms with E-state index in [0.29, 0.717) is 23.1 Å². The summed E-state index contributed by atoms with van der Waals surface area (Å²) in [5, 5.41) is 3.74. The average Bonchev–Trinajstić information content (AvgIpc) is 2.45. The van der Waals surface area contributed by atoms with Gasteiger partial charge in [-0.3, -0.25) is 0 Å². The van der Waals surface area contributed by atoms with Crippen LogP contribution < -0.4 is 14.8 Å². The Kier molecular flexibility index (Phi) is 4.47. The minimum absolute atomic E-state index is 0.527. The van der Waals surface area contributed by atoms with Crippen LogP contribution in [0.1, 0.15) is 5.56 Å². The Labute approximate surface area is 117 Å². The van der Waals surface area contributed by atoms with Gasteiger partial charge in [0.25, 0.3) is 0 Å². The first-order valence-corrected chi connectivity index (χ1v) is 6.17. The second-order valence-corrected chi connectivity index (χ2v) is 4.29. The quantitative estimate of drug-likeness (QED) is 0.911. The molecule has 0 spiro atoms. The molecule has 2 rings (SSSR count). The molecule has 0 unspecified atom stereocenters. The monoisotopic (exact) mass is 278 g/mol. The number of ether oxygens (including phenoxy) is 2. The van der Waals surface area contributed by atoms with Gasteiger partial charge in [0, 0.05) is 12.7 Å². The van der Waals surface area contributed by atoms with Crippen molar-refractivity contribution in [3.05, 3.63) is 47.1 Å². The maximum absolute atomic E-state index is 6.15. The molecule has 0 aliphatic rings. The number of nitrogens with zero attached hydrogens (tertiary/aromatic N) is 1. The Morgan fingerprint density at radius 3 is 2.68 bits per heavy atom. The minimum Gasteiger partial charge on any atom is -0.493 e. The molecule has 0 saturated carbocycles. The first-order chi connectivity index (χ1) is 9.24. The Morgan fingerprint density at radius 1 is 1.21 bits per heavy atom. The van der Waals surface area contributed by atoms with Gasteiger partial charge in [0.15, 0.2) is 11.5 Å². The lowest BCUT2D eigenvalue weighted by molar-refractivity contribution is 0.355. The summed E-state index contributed by atoms with van der Waals surface area (Å²) >= 11 is 6.15. The summed E-state index contributed by atoms with van der Waals surface area (Å²) in [6.07, 6.45) is 1.74. The number of anilines is 1. The molecule has 1 N–H and O–H groups in total. The van der Waals surface area contributed by atoms with Crippen LogP contribution in [-0.4, -0.2) is 19.2 Å². The molecule has 1 aromatic carbocycles.